The van der Waals surface area contributed by atoms with E-state index >= 15 is 0 Å². The van der Waals surface area contributed by atoms with E-state index < -0.39 is 23.7 Å². The van der Waals surface area contributed by atoms with E-state index in [0.29, 0.717) is 21.9 Å². The fourth-order valence-corrected chi connectivity index (χ4v) is 3.28. The molecule has 0 saturated heterocycles. The van der Waals surface area contributed by atoms with Crippen LogP contribution in [-0.4, -0.2) is 11.0 Å². The first-order chi connectivity index (χ1) is 13.7. The highest BCUT2D eigenvalue weighted by Crippen LogP contribution is 2.32. The van der Waals surface area contributed by atoms with Gasteiger partial charge in [0.05, 0.1) is 28.8 Å². The zero-order chi connectivity index (χ0) is 21.2. The molecule has 1 aliphatic heterocycles. The van der Waals surface area contributed by atoms with Crippen molar-refractivity contribution in [1.29, 1.82) is 5.26 Å². The molecule has 9 heteroatoms. The highest BCUT2D eigenvalue weighted by molar-refractivity contribution is 7.80. The number of hydrogen-bond donors (Lipinski definition) is 3. The van der Waals surface area contributed by atoms with Crippen LogP contribution in [0.2, 0.25) is 0 Å². The van der Waals surface area contributed by atoms with Crippen LogP contribution in [0.25, 0.3) is 0 Å². The third-order valence-corrected chi connectivity index (χ3v) is 4.53. The molecule has 1 unspecified atom stereocenters. The van der Waals surface area contributed by atoms with Gasteiger partial charge in [0.1, 0.15) is 0 Å². The van der Waals surface area contributed by atoms with Crippen LogP contribution in [0.15, 0.2) is 59.8 Å². The Morgan fingerprint density at radius 2 is 1.93 bits per heavy atom. The second-order valence-electron chi connectivity index (χ2n) is 6.34. The van der Waals surface area contributed by atoms with E-state index in [1.807, 2.05) is 6.07 Å². The molecule has 0 aromatic heterocycles. The molecule has 1 amide bonds. The monoisotopic (exact) mass is 416 g/mol. The molecule has 148 valence electrons. The smallest absolute Gasteiger partial charge is 0.351 e. The summed E-state index contributed by atoms with van der Waals surface area (Å²) in [5.41, 5.74) is 0.908. The van der Waals surface area contributed by atoms with E-state index in [9.17, 15) is 18.0 Å². The maximum absolute atomic E-state index is 12.9. The number of anilines is 1. The third-order valence-electron chi connectivity index (χ3n) is 4.31. The Balaban J connectivity index is 1.95. The summed E-state index contributed by atoms with van der Waals surface area (Å²) < 4.78 is 38.8. The van der Waals surface area contributed by atoms with Gasteiger partial charge in [-0.3, -0.25) is 4.79 Å². The van der Waals surface area contributed by atoms with Gasteiger partial charge in [-0.2, -0.15) is 18.4 Å². The molecule has 5 nitrogen and oxygen atoms in total. The first-order valence-corrected chi connectivity index (χ1v) is 8.87. The molecule has 1 aliphatic rings. The average molecular weight is 416 g/mol. The quantitative estimate of drug-likeness (QED) is 0.659. The Kier molecular flexibility index (Phi) is 5.57. The molecule has 3 N–H and O–H groups in total. The molecule has 2 aromatic rings. The van der Waals surface area contributed by atoms with Crippen molar-refractivity contribution in [3.63, 3.8) is 0 Å². The first kappa shape index (κ1) is 20.4. The molecule has 0 radical (unpaired) electrons. The number of nitrogens with zero attached hydrogens (tertiary/aromatic N) is 1. The first-order valence-electron chi connectivity index (χ1n) is 8.46. The Bertz CT molecular complexity index is 1060. The van der Waals surface area contributed by atoms with Crippen LogP contribution in [0.1, 0.15) is 29.7 Å². The van der Waals surface area contributed by atoms with Crippen molar-refractivity contribution in [2.24, 2.45) is 0 Å². The predicted molar refractivity (Wildman–Crippen MR) is 106 cm³/mol. The van der Waals surface area contributed by atoms with E-state index in [2.05, 4.69) is 16.0 Å². The summed E-state index contributed by atoms with van der Waals surface area (Å²) in [7, 11) is 0. The number of halogens is 3. The van der Waals surface area contributed by atoms with Gasteiger partial charge in [0.2, 0.25) is 0 Å². The van der Waals surface area contributed by atoms with Gasteiger partial charge in [-0.1, -0.05) is 18.2 Å². The molecule has 0 bridgehead atoms. The van der Waals surface area contributed by atoms with Crippen LogP contribution in [0.4, 0.5) is 18.9 Å². The van der Waals surface area contributed by atoms with Gasteiger partial charge in [-0.25, -0.2) is 0 Å². The maximum atomic E-state index is 12.9. The van der Waals surface area contributed by atoms with Gasteiger partial charge in [-0.05, 0) is 55.0 Å². The number of rotatable bonds is 3. The molecule has 0 spiro atoms. The lowest BCUT2D eigenvalue weighted by Crippen LogP contribution is -2.45. The fraction of sp³-hybridized carbons (Fsp3) is 0.150. The summed E-state index contributed by atoms with van der Waals surface area (Å²) in [6, 6.07) is 12.4. The van der Waals surface area contributed by atoms with Crippen molar-refractivity contribution in [2.75, 3.05) is 5.32 Å². The molecule has 1 atom stereocenters. The molecule has 2 aromatic carbocycles. The van der Waals surface area contributed by atoms with Crippen LogP contribution in [-0.2, 0) is 11.0 Å². The average Bonchev–Trinajstić information content (AvgIpc) is 2.66. The number of nitrogens with one attached hydrogen (secondary N) is 3. The molecular formula is C20H15F3N4OS. The minimum absolute atomic E-state index is 0.0165. The van der Waals surface area contributed by atoms with Crippen LogP contribution in [0, 0.1) is 11.3 Å². The van der Waals surface area contributed by atoms with E-state index in [-0.39, 0.29) is 11.3 Å². The number of alkyl halides is 3. The second-order valence-corrected chi connectivity index (χ2v) is 6.75. The number of benzene rings is 2. The molecule has 0 fully saturated rings. The SMILES string of the molecule is CC1=C(C(=O)Nc2cccc(C(F)(F)F)c2)C(c2cccc(C#N)c2)NC(=S)N1. The van der Waals surface area contributed by atoms with Gasteiger partial charge in [0.15, 0.2) is 5.11 Å². The topological polar surface area (TPSA) is 77.0 Å². The Morgan fingerprint density at radius 1 is 1.21 bits per heavy atom. The van der Waals surface area contributed by atoms with E-state index in [1.54, 1.807) is 31.2 Å². The minimum Gasteiger partial charge on any atom is -0.351 e. The molecular weight excluding hydrogens is 401 g/mol. The standard InChI is InChI=1S/C20H15F3N4OS/c1-11-16(18(28)26-15-7-3-6-14(9-15)20(21,22)23)17(27-19(29)25-11)13-5-2-4-12(8-13)10-24/h2-9,17H,1H3,(H,26,28)(H2,25,27,29). The normalized spacial score (nSPS) is 16.5. The maximum Gasteiger partial charge on any atom is 0.416 e. The van der Waals surface area contributed by atoms with E-state index in [1.165, 1.54) is 12.1 Å². The lowest BCUT2D eigenvalue weighted by Gasteiger charge is -2.30. The Morgan fingerprint density at radius 3 is 2.62 bits per heavy atom. The molecule has 0 saturated carbocycles. The van der Waals surface area contributed by atoms with Gasteiger partial charge in [0.25, 0.3) is 5.91 Å². The van der Waals surface area contributed by atoms with Gasteiger partial charge < -0.3 is 16.0 Å². The van der Waals surface area contributed by atoms with E-state index in [0.717, 1.165) is 12.1 Å². The number of carbonyl (C=O) groups excluding carboxylic acids is 1. The largest absolute Gasteiger partial charge is 0.416 e. The van der Waals surface area contributed by atoms with Crippen molar-refractivity contribution in [3.8, 4) is 6.07 Å². The number of allylic oxidation sites excluding steroid dienone is 1. The van der Waals surface area contributed by atoms with Gasteiger partial charge in [0, 0.05) is 11.4 Å². The van der Waals surface area contributed by atoms with Crippen LogP contribution in [0.3, 0.4) is 0 Å². The highest BCUT2D eigenvalue weighted by Gasteiger charge is 2.32. The molecule has 1 heterocycles. The fourth-order valence-electron chi connectivity index (χ4n) is 3.00. The number of nitriles is 1. The van der Waals surface area contributed by atoms with Crippen LogP contribution >= 0.6 is 12.2 Å². The van der Waals surface area contributed by atoms with Crippen molar-refractivity contribution in [3.05, 3.63) is 76.5 Å². The summed E-state index contributed by atoms with van der Waals surface area (Å²) in [5.74, 6) is -0.586. The highest BCUT2D eigenvalue weighted by atomic mass is 32.1. The van der Waals surface area contributed by atoms with Crippen molar-refractivity contribution in [1.82, 2.24) is 10.6 Å². The summed E-state index contributed by atoms with van der Waals surface area (Å²) in [6.07, 6.45) is -4.52. The number of thiocarbonyl (C=S) groups is 1. The lowest BCUT2D eigenvalue weighted by atomic mass is 9.94. The van der Waals surface area contributed by atoms with Crippen molar-refractivity contribution in [2.45, 2.75) is 19.1 Å². The van der Waals surface area contributed by atoms with Crippen LogP contribution < -0.4 is 16.0 Å². The Hall–Kier alpha value is -3.38. The van der Waals surface area contributed by atoms with Gasteiger partial charge >= 0.3 is 6.18 Å². The third kappa shape index (κ3) is 4.55. The molecule has 3 rings (SSSR count). The minimum atomic E-state index is -4.52. The number of hydrogen-bond acceptors (Lipinski definition) is 3. The summed E-state index contributed by atoms with van der Waals surface area (Å²) in [6.45, 7) is 1.65. The van der Waals surface area contributed by atoms with Gasteiger partial charge in [-0.15, -0.1) is 0 Å². The lowest BCUT2D eigenvalue weighted by molar-refractivity contribution is -0.137. The second kappa shape index (κ2) is 7.93. The number of amides is 1. The van der Waals surface area contributed by atoms with Crippen LogP contribution in [0.5, 0.6) is 0 Å². The summed E-state index contributed by atoms with van der Waals surface area (Å²) in [4.78, 5) is 12.9. The predicted octanol–water partition coefficient (Wildman–Crippen LogP) is 4.01. The zero-order valence-electron chi connectivity index (χ0n) is 15.1. The summed E-state index contributed by atoms with van der Waals surface area (Å²) >= 11 is 5.17. The summed E-state index contributed by atoms with van der Waals surface area (Å²) in [5, 5.41) is 17.8. The van der Waals surface area contributed by atoms with E-state index in [4.69, 9.17) is 17.5 Å². The molecule has 29 heavy (non-hydrogen) atoms. The van der Waals surface area contributed by atoms with Crippen molar-refractivity contribution < 1.29 is 18.0 Å². The zero-order valence-corrected chi connectivity index (χ0v) is 15.9. The Labute approximate surface area is 170 Å². The number of carbonyl (C=O) groups is 1. The van der Waals surface area contributed by atoms with Crippen molar-refractivity contribution >= 4 is 28.9 Å². The molecule has 0 aliphatic carbocycles.